The maximum atomic E-state index is 14.2. The molecule has 0 spiro atoms. The van der Waals surface area contributed by atoms with Crippen molar-refractivity contribution in [1.29, 1.82) is 0 Å². The van der Waals surface area contributed by atoms with Gasteiger partial charge in [0.25, 0.3) is 0 Å². The Kier molecular flexibility index (Phi) is 6.29. The fourth-order valence-electron chi connectivity index (χ4n) is 2.44. The lowest BCUT2D eigenvalue weighted by Gasteiger charge is -2.31. The molecule has 1 aromatic carbocycles. The van der Waals surface area contributed by atoms with Crippen molar-refractivity contribution in [3.63, 3.8) is 0 Å². The maximum absolute atomic E-state index is 14.2. The number of methoxy groups -OCH3 is 1. The Morgan fingerprint density at radius 2 is 2.05 bits per heavy atom. The molecule has 0 aromatic heterocycles. The predicted octanol–water partition coefficient (Wildman–Crippen LogP) is 3.96. The predicted molar refractivity (Wildman–Crippen MR) is 76.0 cm³/mol. The first-order valence-electron chi connectivity index (χ1n) is 7.04. The van der Waals surface area contributed by atoms with E-state index in [4.69, 9.17) is 4.74 Å². The second kappa shape index (κ2) is 7.49. The van der Waals surface area contributed by atoms with Crippen LogP contribution in [0.5, 0.6) is 5.75 Å². The number of ether oxygens (including phenoxy) is 1. The molecular formula is C16H25FO2. The molecule has 0 fully saturated rings. The lowest BCUT2D eigenvalue weighted by Crippen LogP contribution is -2.28. The van der Waals surface area contributed by atoms with E-state index in [0.29, 0.717) is 12.0 Å². The second-order valence-corrected chi connectivity index (χ2v) is 5.23. The summed E-state index contributed by atoms with van der Waals surface area (Å²) in [5.74, 6) is -0.0243. The molecule has 0 heterocycles. The van der Waals surface area contributed by atoms with Gasteiger partial charge in [-0.25, -0.2) is 4.39 Å². The summed E-state index contributed by atoms with van der Waals surface area (Å²) in [5.41, 5.74) is 0.412. The normalized spacial score (nSPS) is 14.2. The lowest BCUT2D eigenvalue weighted by molar-refractivity contribution is 0.106. The Labute approximate surface area is 115 Å². The van der Waals surface area contributed by atoms with E-state index in [0.717, 1.165) is 25.7 Å². The molecule has 0 saturated heterocycles. The number of aliphatic hydroxyl groups excluding tert-OH is 1. The Balaban J connectivity index is 2.96. The summed E-state index contributed by atoms with van der Waals surface area (Å²) in [4.78, 5) is 0. The van der Waals surface area contributed by atoms with Crippen LogP contribution in [0, 0.1) is 11.2 Å². The largest absolute Gasteiger partial charge is 0.494 e. The minimum absolute atomic E-state index is 0.0974. The number of halogens is 1. The van der Waals surface area contributed by atoms with Gasteiger partial charge in [0.15, 0.2) is 11.6 Å². The van der Waals surface area contributed by atoms with Gasteiger partial charge in [0.05, 0.1) is 7.11 Å². The third kappa shape index (κ3) is 3.93. The van der Waals surface area contributed by atoms with Crippen molar-refractivity contribution in [3.05, 3.63) is 29.6 Å². The van der Waals surface area contributed by atoms with Crippen LogP contribution in [0.15, 0.2) is 18.2 Å². The molecule has 0 amide bonds. The highest BCUT2D eigenvalue weighted by Crippen LogP contribution is 2.34. The van der Waals surface area contributed by atoms with E-state index in [-0.39, 0.29) is 23.6 Å². The standard InChI is InChI=1S/C16H25FO2/c1-4-6-10-16(5-2,12-18)11-13-8-7-9-14(19-3)15(13)17/h7-9,18H,4-6,10-12H2,1-3H3. The van der Waals surface area contributed by atoms with Gasteiger partial charge in [0, 0.05) is 6.61 Å². The molecule has 1 atom stereocenters. The highest BCUT2D eigenvalue weighted by molar-refractivity contribution is 5.31. The first-order valence-corrected chi connectivity index (χ1v) is 7.04. The molecule has 0 aliphatic heterocycles. The fraction of sp³-hybridized carbons (Fsp3) is 0.625. The van der Waals surface area contributed by atoms with E-state index in [1.165, 1.54) is 7.11 Å². The molecule has 1 rings (SSSR count). The molecular weight excluding hydrogens is 243 g/mol. The highest BCUT2D eigenvalue weighted by atomic mass is 19.1. The lowest BCUT2D eigenvalue weighted by atomic mass is 9.76. The van der Waals surface area contributed by atoms with Crippen molar-refractivity contribution in [1.82, 2.24) is 0 Å². The zero-order chi connectivity index (χ0) is 14.3. The van der Waals surface area contributed by atoms with E-state index in [2.05, 4.69) is 13.8 Å². The average Bonchev–Trinajstić information content (AvgIpc) is 2.45. The van der Waals surface area contributed by atoms with Crippen LogP contribution in [0.3, 0.4) is 0 Å². The third-order valence-electron chi connectivity index (χ3n) is 3.97. The van der Waals surface area contributed by atoms with Gasteiger partial charge in [0.2, 0.25) is 0 Å². The van der Waals surface area contributed by atoms with E-state index >= 15 is 0 Å². The van der Waals surface area contributed by atoms with Gasteiger partial charge in [-0.2, -0.15) is 0 Å². The van der Waals surface area contributed by atoms with Gasteiger partial charge >= 0.3 is 0 Å². The van der Waals surface area contributed by atoms with Gasteiger partial charge in [-0.05, 0) is 36.3 Å². The Bertz CT molecular complexity index is 386. The molecule has 3 heteroatoms. The molecule has 0 aliphatic carbocycles. The van der Waals surface area contributed by atoms with Gasteiger partial charge in [-0.3, -0.25) is 0 Å². The first-order chi connectivity index (χ1) is 9.12. The van der Waals surface area contributed by atoms with Crippen molar-refractivity contribution >= 4 is 0 Å². The zero-order valence-electron chi connectivity index (χ0n) is 12.2. The van der Waals surface area contributed by atoms with Gasteiger partial charge in [0.1, 0.15) is 0 Å². The average molecular weight is 268 g/mol. The summed E-state index contributed by atoms with van der Waals surface area (Å²) in [7, 11) is 1.47. The van der Waals surface area contributed by atoms with Crippen LogP contribution in [0.25, 0.3) is 0 Å². The van der Waals surface area contributed by atoms with Crippen molar-refractivity contribution in [2.24, 2.45) is 5.41 Å². The van der Waals surface area contributed by atoms with Crippen LogP contribution < -0.4 is 4.74 Å². The molecule has 108 valence electrons. The minimum Gasteiger partial charge on any atom is -0.494 e. The molecule has 2 nitrogen and oxygen atoms in total. The molecule has 19 heavy (non-hydrogen) atoms. The topological polar surface area (TPSA) is 29.5 Å². The minimum atomic E-state index is -0.298. The van der Waals surface area contributed by atoms with Crippen LogP contribution in [0.4, 0.5) is 4.39 Å². The van der Waals surface area contributed by atoms with Crippen molar-refractivity contribution in [3.8, 4) is 5.75 Å². The maximum Gasteiger partial charge on any atom is 0.168 e. The highest BCUT2D eigenvalue weighted by Gasteiger charge is 2.28. The number of rotatable bonds is 8. The third-order valence-corrected chi connectivity index (χ3v) is 3.97. The monoisotopic (exact) mass is 268 g/mol. The molecule has 1 aromatic rings. The second-order valence-electron chi connectivity index (χ2n) is 5.23. The number of hydrogen-bond donors (Lipinski definition) is 1. The summed E-state index contributed by atoms with van der Waals surface area (Å²) < 4.78 is 19.2. The summed E-state index contributed by atoms with van der Waals surface area (Å²) in [6.45, 7) is 4.29. The first kappa shape index (κ1) is 16.0. The SMILES string of the molecule is CCCCC(CC)(CO)Cc1cccc(OC)c1F. The summed E-state index contributed by atoms with van der Waals surface area (Å²) in [6.07, 6.45) is 4.47. The molecule has 0 saturated carbocycles. The quantitative estimate of drug-likeness (QED) is 0.773. The Hall–Kier alpha value is -1.09. The smallest absolute Gasteiger partial charge is 0.168 e. The van der Waals surface area contributed by atoms with Gasteiger partial charge in [-0.15, -0.1) is 0 Å². The number of unbranched alkanes of at least 4 members (excludes halogenated alkanes) is 1. The number of benzene rings is 1. The number of aliphatic hydroxyl groups is 1. The van der Waals surface area contributed by atoms with Crippen molar-refractivity contribution < 1.29 is 14.2 Å². The van der Waals surface area contributed by atoms with Gasteiger partial charge in [-0.1, -0.05) is 38.8 Å². The van der Waals surface area contributed by atoms with Crippen LogP contribution in [-0.4, -0.2) is 18.8 Å². The van der Waals surface area contributed by atoms with Gasteiger partial charge < -0.3 is 9.84 Å². The summed E-state index contributed by atoms with van der Waals surface area (Å²) in [6, 6.07) is 5.20. The summed E-state index contributed by atoms with van der Waals surface area (Å²) >= 11 is 0. The van der Waals surface area contributed by atoms with Crippen LogP contribution in [-0.2, 0) is 6.42 Å². The fourth-order valence-corrected chi connectivity index (χ4v) is 2.44. The molecule has 0 aliphatic rings. The Morgan fingerprint density at radius 1 is 1.32 bits per heavy atom. The van der Waals surface area contributed by atoms with E-state index in [9.17, 15) is 9.50 Å². The molecule has 1 N–H and O–H groups in total. The number of hydrogen-bond acceptors (Lipinski definition) is 2. The Morgan fingerprint density at radius 3 is 2.58 bits per heavy atom. The van der Waals surface area contributed by atoms with Crippen LogP contribution >= 0.6 is 0 Å². The molecule has 0 radical (unpaired) electrons. The van der Waals surface area contributed by atoms with E-state index < -0.39 is 0 Å². The van der Waals surface area contributed by atoms with Crippen LogP contribution in [0.2, 0.25) is 0 Å². The molecule has 0 bridgehead atoms. The summed E-state index contributed by atoms with van der Waals surface area (Å²) in [5, 5.41) is 9.73. The van der Waals surface area contributed by atoms with E-state index in [1.807, 2.05) is 0 Å². The van der Waals surface area contributed by atoms with E-state index in [1.54, 1.807) is 18.2 Å². The van der Waals surface area contributed by atoms with Crippen molar-refractivity contribution in [2.75, 3.05) is 13.7 Å². The van der Waals surface area contributed by atoms with Crippen molar-refractivity contribution in [2.45, 2.75) is 46.0 Å². The molecule has 1 unspecified atom stereocenters. The van der Waals surface area contributed by atoms with Crippen LogP contribution in [0.1, 0.15) is 45.1 Å². The zero-order valence-corrected chi connectivity index (χ0v) is 12.2.